The number of hydrogen-bond acceptors (Lipinski definition) is 7. The van der Waals surface area contributed by atoms with E-state index in [4.69, 9.17) is 17.0 Å². The summed E-state index contributed by atoms with van der Waals surface area (Å²) in [5, 5.41) is 10.8. The largest absolute Gasteiger partial charge is 0.427 e. The molecule has 0 saturated carbocycles. The van der Waals surface area contributed by atoms with Crippen LogP contribution in [0.25, 0.3) is 6.08 Å². The van der Waals surface area contributed by atoms with Crippen molar-refractivity contribution in [2.45, 2.75) is 6.92 Å². The number of esters is 1. The normalized spacial score (nSPS) is 15.3. The molecule has 2 aromatic carbocycles. The summed E-state index contributed by atoms with van der Waals surface area (Å²) >= 11 is 6.43. The minimum Gasteiger partial charge on any atom is -0.427 e. The molecule has 0 spiro atoms. The van der Waals surface area contributed by atoms with E-state index >= 15 is 0 Å². The molecule has 0 N–H and O–H groups in total. The molecule has 0 bridgehead atoms. The molecule has 7 nitrogen and oxygen atoms in total. The van der Waals surface area contributed by atoms with E-state index in [9.17, 15) is 19.7 Å². The van der Waals surface area contributed by atoms with Gasteiger partial charge in [-0.05, 0) is 35.9 Å². The van der Waals surface area contributed by atoms with Gasteiger partial charge in [-0.1, -0.05) is 36.1 Å². The van der Waals surface area contributed by atoms with Crippen LogP contribution in [-0.2, 0) is 9.59 Å². The lowest BCUT2D eigenvalue weighted by molar-refractivity contribution is -0.384. The number of carbonyl (C=O) groups is 2. The van der Waals surface area contributed by atoms with Gasteiger partial charge in [0.2, 0.25) is 0 Å². The zero-order valence-electron chi connectivity index (χ0n) is 13.9. The Morgan fingerprint density at radius 2 is 1.81 bits per heavy atom. The lowest BCUT2D eigenvalue weighted by Crippen LogP contribution is -2.27. The second-order valence-electron chi connectivity index (χ2n) is 5.45. The number of nitro benzene ring substituents is 1. The monoisotopic (exact) mass is 400 g/mol. The van der Waals surface area contributed by atoms with Crippen molar-refractivity contribution in [2.75, 3.05) is 4.90 Å². The van der Waals surface area contributed by atoms with Gasteiger partial charge in [0, 0.05) is 19.1 Å². The Kier molecular flexibility index (Phi) is 5.33. The first-order valence-corrected chi connectivity index (χ1v) is 8.88. The maximum Gasteiger partial charge on any atom is 0.308 e. The highest BCUT2D eigenvalue weighted by atomic mass is 32.2. The van der Waals surface area contributed by atoms with Crippen LogP contribution in [0.2, 0.25) is 0 Å². The van der Waals surface area contributed by atoms with Gasteiger partial charge in [-0.25, -0.2) is 0 Å². The van der Waals surface area contributed by atoms with Gasteiger partial charge < -0.3 is 4.74 Å². The van der Waals surface area contributed by atoms with Gasteiger partial charge in [0.05, 0.1) is 15.5 Å². The van der Waals surface area contributed by atoms with Gasteiger partial charge >= 0.3 is 5.97 Å². The molecular weight excluding hydrogens is 388 g/mol. The van der Waals surface area contributed by atoms with Crippen molar-refractivity contribution in [3.63, 3.8) is 0 Å². The Bertz CT molecular complexity index is 968. The van der Waals surface area contributed by atoms with Gasteiger partial charge in [0.1, 0.15) is 5.75 Å². The van der Waals surface area contributed by atoms with Crippen molar-refractivity contribution >= 4 is 57.6 Å². The molecule has 1 saturated heterocycles. The number of non-ortho nitro benzene ring substituents is 1. The molecule has 0 aromatic heterocycles. The molecule has 0 unspecified atom stereocenters. The predicted octanol–water partition coefficient (Wildman–Crippen LogP) is 3.93. The van der Waals surface area contributed by atoms with Crippen molar-refractivity contribution in [1.29, 1.82) is 0 Å². The summed E-state index contributed by atoms with van der Waals surface area (Å²) in [7, 11) is 0. The number of ether oxygens (including phenoxy) is 1. The molecule has 2 aromatic rings. The van der Waals surface area contributed by atoms with Gasteiger partial charge in [0.15, 0.2) is 4.32 Å². The summed E-state index contributed by atoms with van der Waals surface area (Å²) < 4.78 is 5.31. The van der Waals surface area contributed by atoms with Crippen molar-refractivity contribution in [3.8, 4) is 5.75 Å². The maximum atomic E-state index is 12.7. The summed E-state index contributed by atoms with van der Waals surface area (Å²) in [6.45, 7) is 1.32. The molecule has 1 fully saturated rings. The number of anilines is 1. The van der Waals surface area contributed by atoms with E-state index in [0.717, 1.165) is 17.3 Å². The van der Waals surface area contributed by atoms with Gasteiger partial charge in [0.25, 0.3) is 11.6 Å². The van der Waals surface area contributed by atoms with Crippen LogP contribution >= 0.6 is 24.0 Å². The second-order valence-corrected chi connectivity index (χ2v) is 7.13. The quantitative estimate of drug-likeness (QED) is 0.192. The Morgan fingerprint density at radius 1 is 1.19 bits per heavy atom. The molecule has 0 aliphatic carbocycles. The number of rotatable bonds is 4. The fourth-order valence-electron chi connectivity index (χ4n) is 2.36. The number of nitrogens with zero attached hydrogens (tertiary/aromatic N) is 2. The van der Waals surface area contributed by atoms with Crippen LogP contribution in [0, 0.1) is 10.1 Å². The van der Waals surface area contributed by atoms with E-state index in [0.29, 0.717) is 20.7 Å². The van der Waals surface area contributed by atoms with Crippen LogP contribution in [0.1, 0.15) is 12.5 Å². The van der Waals surface area contributed by atoms with Gasteiger partial charge in [-0.15, -0.1) is 0 Å². The number of thioether (sulfide) groups is 1. The van der Waals surface area contributed by atoms with Crippen LogP contribution in [0.4, 0.5) is 11.4 Å². The molecule has 3 rings (SSSR count). The molecule has 1 amide bonds. The average molecular weight is 400 g/mol. The maximum absolute atomic E-state index is 12.7. The molecular formula is C18H12N2O5S2. The lowest BCUT2D eigenvalue weighted by atomic mass is 10.2. The van der Waals surface area contributed by atoms with E-state index in [1.807, 2.05) is 0 Å². The Hall–Kier alpha value is -3.04. The van der Waals surface area contributed by atoms with Crippen LogP contribution in [-0.4, -0.2) is 21.1 Å². The number of hydrogen-bond donors (Lipinski definition) is 0. The summed E-state index contributed by atoms with van der Waals surface area (Å²) in [6, 6.07) is 12.3. The van der Waals surface area contributed by atoms with E-state index in [-0.39, 0.29) is 11.6 Å². The standard InChI is InChI=1S/C18H12N2O5S2/c1-11(21)25-15-8-2-12(3-9-15)10-16-17(22)19(18(26)27-16)13-4-6-14(7-5-13)20(23)24/h2-10H,1H3/b16-10-. The highest BCUT2D eigenvalue weighted by Gasteiger charge is 2.33. The first kappa shape index (κ1) is 18.7. The van der Waals surface area contributed by atoms with E-state index in [2.05, 4.69) is 0 Å². The minimum atomic E-state index is -0.506. The SMILES string of the molecule is CC(=O)Oc1ccc(/C=C2\SC(=S)N(c3ccc([N+](=O)[O-])cc3)C2=O)cc1. The molecule has 0 atom stereocenters. The first-order chi connectivity index (χ1) is 12.8. The van der Waals surface area contributed by atoms with Crippen molar-refractivity contribution in [1.82, 2.24) is 0 Å². The molecule has 1 heterocycles. The highest BCUT2D eigenvalue weighted by molar-refractivity contribution is 8.27. The molecule has 1 aliphatic rings. The number of thiocarbonyl (C=S) groups is 1. The molecule has 27 heavy (non-hydrogen) atoms. The van der Waals surface area contributed by atoms with E-state index in [1.54, 1.807) is 30.3 Å². The Balaban J connectivity index is 1.81. The summed E-state index contributed by atoms with van der Waals surface area (Å²) in [5.41, 5.74) is 1.15. The number of amides is 1. The molecule has 0 radical (unpaired) electrons. The minimum absolute atomic E-state index is 0.0624. The van der Waals surface area contributed by atoms with E-state index < -0.39 is 10.9 Å². The average Bonchev–Trinajstić information content (AvgIpc) is 2.90. The number of carbonyl (C=O) groups excluding carboxylic acids is 2. The summed E-state index contributed by atoms with van der Waals surface area (Å²) in [6.07, 6.45) is 1.68. The third-order valence-electron chi connectivity index (χ3n) is 3.55. The molecule has 136 valence electrons. The molecule has 1 aliphatic heterocycles. The highest BCUT2D eigenvalue weighted by Crippen LogP contribution is 2.36. The van der Waals surface area contributed by atoms with Crippen molar-refractivity contribution in [3.05, 3.63) is 69.1 Å². The summed E-state index contributed by atoms with van der Waals surface area (Å²) in [5.74, 6) is -0.298. The van der Waals surface area contributed by atoms with Crippen LogP contribution in [0.5, 0.6) is 5.75 Å². The fourth-order valence-corrected chi connectivity index (χ4v) is 3.66. The first-order valence-electron chi connectivity index (χ1n) is 7.66. The third kappa shape index (κ3) is 4.21. The summed E-state index contributed by atoms with van der Waals surface area (Å²) in [4.78, 5) is 35.7. The van der Waals surface area contributed by atoms with Gasteiger partial charge in [-0.2, -0.15) is 0 Å². The van der Waals surface area contributed by atoms with E-state index in [1.165, 1.54) is 36.1 Å². The molecule has 9 heteroatoms. The number of nitro groups is 1. The fraction of sp³-hybridized carbons (Fsp3) is 0.0556. The predicted molar refractivity (Wildman–Crippen MR) is 106 cm³/mol. The second kappa shape index (κ2) is 7.68. The zero-order valence-corrected chi connectivity index (χ0v) is 15.6. The Labute approximate surface area is 163 Å². The topological polar surface area (TPSA) is 89.8 Å². The van der Waals surface area contributed by atoms with Gasteiger partial charge in [-0.3, -0.25) is 24.6 Å². The van der Waals surface area contributed by atoms with Crippen LogP contribution in [0.15, 0.2) is 53.4 Å². The smallest absolute Gasteiger partial charge is 0.308 e. The van der Waals surface area contributed by atoms with Crippen molar-refractivity contribution < 1.29 is 19.2 Å². The zero-order chi connectivity index (χ0) is 19.6. The van der Waals surface area contributed by atoms with Crippen LogP contribution < -0.4 is 9.64 Å². The Morgan fingerprint density at radius 3 is 2.37 bits per heavy atom. The third-order valence-corrected chi connectivity index (χ3v) is 4.85. The lowest BCUT2D eigenvalue weighted by Gasteiger charge is -2.13. The number of benzene rings is 2. The van der Waals surface area contributed by atoms with Crippen molar-refractivity contribution in [2.24, 2.45) is 0 Å². The van der Waals surface area contributed by atoms with Crippen LogP contribution in [0.3, 0.4) is 0 Å².